The molecule has 2 rings (SSSR count). The number of nitrogen functional groups attached to an aromatic ring is 1. The molecule has 1 aromatic rings. The number of carboxylic acids is 1. The zero-order chi connectivity index (χ0) is 15.5. The summed E-state index contributed by atoms with van der Waals surface area (Å²) in [6, 6.07) is 7.21. The predicted molar refractivity (Wildman–Crippen MR) is 80.7 cm³/mol. The molecule has 1 atom stereocenters. The maximum Gasteiger partial charge on any atom is 0.311 e. The van der Waals surface area contributed by atoms with Gasteiger partial charge in [0, 0.05) is 18.8 Å². The zero-order valence-corrected chi connectivity index (χ0v) is 12.3. The first-order valence-corrected chi connectivity index (χ1v) is 7.32. The Balaban J connectivity index is 2.05. The van der Waals surface area contributed by atoms with E-state index in [0.717, 1.165) is 12.0 Å². The number of hydrogen-bond donors (Lipinski definition) is 2. The summed E-state index contributed by atoms with van der Waals surface area (Å²) in [5, 5.41) is 9.46. The minimum Gasteiger partial charge on any atom is -0.481 e. The lowest BCUT2D eigenvalue weighted by molar-refractivity contribution is -0.155. The summed E-state index contributed by atoms with van der Waals surface area (Å²) in [5.74, 6) is -0.812. The van der Waals surface area contributed by atoms with Crippen molar-refractivity contribution in [1.29, 1.82) is 0 Å². The van der Waals surface area contributed by atoms with E-state index in [2.05, 4.69) is 0 Å². The lowest BCUT2D eigenvalue weighted by Gasteiger charge is -2.39. The van der Waals surface area contributed by atoms with Crippen LogP contribution in [0.1, 0.15) is 31.7 Å². The van der Waals surface area contributed by atoms with Gasteiger partial charge in [-0.15, -0.1) is 0 Å². The number of aliphatic carboxylic acids is 1. The number of piperidine rings is 1. The number of carboxylic acid groups (broad SMARTS) is 1. The van der Waals surface area contributed by atoms with Gasteiger partial charge in [0.25, 0.3) is 0 Å². The predicted octanol–water partition coefficient (Wildman–Crippen LogP) is 1.91. The van der Waals surface area contributed by atoms with Gasteiger partial charge < -0.3 is 15.7 Å². The molecule has 0 aliphatic carbocycles. The summed E-state index contributed by atoms with van der Waals surface area (Å²) >= 11 is 0. The second-order valence-electron chi connectivity index (χ2n) is 5.78. The molecule has 1 amide bonds. The van der Waals surface area contributed by atoms with Crippen LogP contribution in [-0.4, -0.2) is 35.0 Å². The van der Waals surface area contributed by atoms with Gasteiger partial charge in [-0.2, -0.15) is 0 Å². The van der Waals surface area contributed by atoms with Crippen molar-refractivity contribution in [2.75, 3.05) is 18.8 Å². The highest BCUT2D eigenvalue weighted by Gasteiger charge is 2.41. The fourth-order valence-corrected chi connectivity index (χ4v) is 2.88. The Morgan fingerprint density at radius 2 is 2.00 bits per heavy atom. The van der Waals surface area contributed by atoms with Gasteiger partial charge in [-0.1, -0.05) is 19.1 Å². The fourth-order valence-electron chi connectivity index (χ4n) is 2.88. The maximum atomic E-state index is 12.4. The van der Waals surface area contributed by atoms with Gasteiger partial charge in [-0.3, -0.25) is 9.59 Å². The minimum absolute atomic E-state index is 0.0152. The number of nitrogens with two attached hydrogens (primary N) is 1. The topological polar surface area (TPSA) is 83.6 Å². The third-order valence-electron chi connectivity index (χ3n) is 4.40. The second kappa shape index (κ2) is 6.16. The summed E-state index contributed by atoms with van der Waals surface area (Å²) in [7, 11) is 0. The molecule has 21 heavy (non-hydrogen) atoms. The number of anilines is 1. The first kappa shape index (κ1) is 15.4. The molecule has 1 heterocycles. The monoisotopic (exact) mass is 290 g/mol. The van der Waals surface area contributed by atoms with Crippen molar-refractivity contribution < 1.29 is 14.7 Å². The molecule has 1 aromatic carbocycles. The Kier molecular flexibility index (Phi) is 4.50. The van der Waals surface area contributed by atoms with Crippen LogP contribution in [0, 0.1) is 5.41 Å². The van der Waals surface area contributed by atoms with Crippen molar-refractivity contribution in [3.63, 3.8) is 0 Å². The molecule has 1 saturated heterocycles. The summed E-state index contributed by atoms with van der Waals surface area (Å²) in [4.78, 5) is 25.6. The molecule has 0 radical (unpaired) electrons. The van der Waals surface area contributed by atoms with E-state index >= 15 is 0 Å². The Labute approximate surface area is 124 Å². The van der Waals surface area contributed by atoms with Crippen LogP contribution in [0.15, 0.2) is 24.3 Å². The van der Waals surface area contributed by atoms with Crippen LogP contribution < -0.4 is 5.73 Å². The molecule has 1 unspecified atom stereocenters. The van der Waals surface area contributed by atoms with Crippen molar-refractivity contribution in [2.45, 2.75) is 32.6 Å². The van der Waals surface area contributed by atoms with E-state index < -0.39 is 11.4 Å². The van der Waals surface area contributed by atoms with E-state index in [9.17, 15) is 14.7 Å². The number of benzene rings is 1. The fraction of sp³-hybridized carbons (Fsp3) is 0.500. The molecule has 0 bridgehead atoms. The van der Waals surface area contributed by atoms with Crippen LogP contribution in [0.3, 0.4) is 0 Å². The number of carbonyl (C=O) groups excluding carboxylic acids is 1. The molecule has 0 spiro atoms. The van der Waals surface area contributed by atoms with Crippen LogP contribution in [0.25, 0.3) is 0 Å². The largest absolute Gasteiger partial charge is 0.481 e. The van der Waals surface area contributed by atoms with Crippen molar-refractivity contribution in [3.05, 3.63) is 29.8 Å². The molecule has 0 saturated carbocycles. The van der Waals surface area contributed by atoms with E-state index in [-0.39, 0.29) is 5.91 Å². The highest BCUT2D eigenvalue weighted by atomic mass is 16.4. The van der Waals surface area contributed by atoms with Gasteiger partial charge in [0.05, 0.1) is 11.8 Å². The van der Waals surface area contributed by atoms with Gasteiger partial charge in [0.1, 0.15) is 0 Å². The van der Waals surface area contributed by atoms with Gasteiger partial charge >= 0.3 is 5.97 Å². The SMILES string of the molecule is CCC1(C(=O)O)CCCN(C(=O)Cc2ccc(N)cc2)C1. The number of carbonyl (C=O) groups is 2. The number of likely N-dealkylation sites (tertiary alicyclic amines) is 1. The number of rotatable bonds is 4. The Morgan fingerprint density at radius 1 is 1.33 bits per heavy atom. The molecular weight excluding hydrogens is 268 g/mol. The first-order valence-electron chi connectivity index (χ1n) is 7.32. The average molecular weight is 290 g/mol. The highest BCUT2D eigenvalue weighted by molar-refractivity contribution is 5.81. The van der Waals surface area contributed by atoms with E-state index in [1.54, 1.807) is 17.0 Å². The van der Waals surface area contributed by atoms with Crippen LogP contribution >= 0.6 is 0 Å². The molecule has 5 nitrogen and oxygen atoms in total. The maximum absolute atomic E-state index is 12.4. The van der Waals surface area contributed by atoms with E-state index in [0.29, 0.717) is 38.0 Å². The van der Waals surface area contributed by atoms with Crippen LogP contribution in [0.2, 0.25) is 0 Å². The third kappa shape index (κ3) is 3.35. The Bertz CT molecular complexity index is 527. The normalized spacial score (nSPS) is 22.0. The zero-order valence-electron chi connectivity index (χ0n) is 12.3. The number of hydrogen-bond acceptors (Lipinski definition) is 3. The molecule has 0 aromatic heterocycles. The molecule has 1 aliphatic rings. The third-order valence-corrected chi connectivity index (χ3v) is 4.40. The highest BCUT2D eigenvalue weighted by Crippen LogP contribution is 2.33. The van der Waals surface area contributed by atoms with Crippen molar-refractivity contribution in [2.24, 2.45) is 5.41 Å². The quantitative estimate of drug-likeness (QED) is 0.830. The standard InChI is InChI=1S/C16H22N2O3/c1-2-16(15(20)21)8-3-9-18(11-16)14(19)10-12-4-6-13(17)7-5-12/h4-7H,2-3,8-11,17H2,1H3,(H,20,21). The van der Waals surface area contributed by atoms with E-state index in [4.69, 9.17) is 5.73 Å². The van der Waals surface area contributed by atoms with E-state index in [1.165, 1.54) is 0 Å². The first-order chi connectivity index (χ1) is 9.97. The van der Waals surface area contributed by atoms with Crippen LogP contribution in [0.5, 0.6) is 0 Å². The van der Waals surface area contributed by atoms with Crippen LogP contribution in [-0.2, 0) is 16.0 Å². The molecule has 1 fully saturated rings. The summed E-state index contributed by atoms with van der Waals surface area (Å²) in [6.07, 6.45) is 2.23. The average Bonchev–Trinajstić information content (AvgIpc) is 2.49. The Morgan fingerprint density at radius 3 is 2.57 bits per heavy atom. The van der Waals surface area contributed by atoms with E-state index in [1.807, 2.05) is 19.1 Å². The number of amides is 1. The van der Waals surface area contributed by atoms with Crippen molar-refractivity contribution in [1.82, 2.24) is 4.90 Å². The smallest absolute Gasteiger partial charge is 0.311 e. The molecule has 1 aliphatic heterocycles. The van der Waals surface area contributed by atoms with Gasteiger partial charge in [0.15, 0.2) is 0 Å². The summed E-state index contributed by atoms with van der Waals surface area (Å²) in [6.45, 7) is 2.83. The van der Waals surface area contributed by atoms with Crippen molar-refractivity contribution in [3.8, 4) is 0 Å². The molecule has 114 valence electrons. The van der Waals surface area contributed by atoms with Crippen molar-refractivity contribution >= 4 is 17.6 Å². The van der Waals surface area contributed by atoms with Gasteiger partial charge in [-0.25, -0.2) is 0 Å². The van der Waals surface area contributed by atoms with Gasteiger partial charge in [0.2, 0.25) is 5.91 Å². The summed E-state index contributed by atoms with van der Waals surface area (Å²) < 4.78 is 0. The molecule has 5 heteroatoms. The second-order valence-corrected chi connectivity index (χ2v) is 5.78. The molecule has 3 N–H and O–H groups in total. The Hall–Kier alpha value is -2.04. The lowest BCUT2D eigenvalue weighted by Crippen LogP contribution is -2.50. The van der Waals surface area contributed by atoms with Gasteiger partial charge in [-0.05, 0) is 37.0 Å². The minimum atomic E-state index is -0.796. The van der Waals surface area contributed by atoms with Crippen LogP contribution in [0.4, 0.5) is 5.69 Å². The number of nitrogens with zero attached hydrogens (tertiary/aromatic N) is 1. The molecular formula is C16H22N2O3. The lowest BCUT2D eigenvalue weighted by atomic mass is 9.77. The summed E-state index contributed by atoms with van der Waals surface area (Å²) in [5.41, 5.74) is 6.41.